The summed E-state index contributed by atoms with van der Waals surface area (Å²) in [5.74, 6) is 0.613. The van der Waals surface area contributed by atoms with Crippen molar-refractivity contribution in [2.75, 3.05) is 17.1 Å². The first-order valence-corrected chi connectivity index (χ1v) is 8.39. The summed E-state index contributed by atoms with van der Waals surface area (Å²) < 4.78 is 26.9. The molecule has 0 spiro atoms. The number of rotatable bonds is 5. The lowest BCUT2D eigenvalue weighted by atomic mass is 10.3. The topological polar surface area (TPSA) is 84.0 Å². The Kier molecular flexibility index (Phi) is 4.24. The van der Waals surface area contributed by atoms with Crippen LogP contribution in [0.2, 0.25) is 0 Å². The Hall–Kier alpha value is -1.67. The fourth-order valence-corrected chi connectivity index (χ4v) is 3.74. The molecule has 0 fully saturated rings. The van der Waals surface area contributed by atoms with Crippen LogP contribution in [0.25, 0.3) is 0 Å². The average Bonchev–Trinajstić information content (AvgIpc) is 2.78. The lowest BCUT2D eigenvalue weighted by molar-refractivity contribution is 0.601. The van der Waals surface area contributed by atoms with Crippen LogP contribution < -0.4 is 10.0 Å². The lowest BCUT2D eigenvalue weighted by Crippen LogP contribution is -2.13. The SMILES string of the molecule is CCc1nc(NS(=O)(=O)c2ccc(NC)nc2)sc1C. The van der Waals surface area contributed by atoms with E-state index in [4.69, 9.17) is 0 Å². The van der Waals surface area contributed by atoms with E-state index in [-0.39, 0.29) is 4.90 Å². The van der Waals surface area contributed by atoms with Gasteiger partial charge in [0.25, 0.3) is 10.0 Å². The second kappa shape index (κ2) is 5.76. The van der Waals surface area contributed by atoms with Gasteiger partial charge in [-0.2, -0.15) is 0 Å². The van der Waals surface area contributed by atoms with Crippen molar-refractivity contribution in [1.82, 2.24) is 9.97 Å². The van der Waals surface area contributed by atoms with Crippen molar-refractivity contribution in [2.45, 2.75) is 25.2 Å². The van der Waals surface area contributed by atoms with Gasteiger partial charge < -0.3 is 5.32 Å². The molecule has 2 rings (SSSR count). The molecule has 2 aromatic rings. The summed E-state index contributed by atoms with van der Waals surface area (Å²) in [5, 5.41) is 3.22. The van der Waals surface area contributed by atoms with Crippen LogP contribution in [0.3, 0.4) is 0 Å². The third-order valence-corrected chi connectivity index (χ3v) is 5.13. The van der Waals surface area contributed by atoms with E-state index in [9.17, 15) is 8.42 Å². The molecule has 0 aromatic carbocycles. The Balaban J connectivity index is 2.25. The van der Waals surface area contributed by atoms with Crippen LogP contribution in [0, 0.1) is 6.92 Å². The molecule has 0 aliphatic carbocycles. The van der Waals surface area contributed by atoms with E-state index < -0.39 is 10.0 Å². The summed E-state index contributed by atoms with van der Waals surface area (Å²) in [4.78, 5) is 9.40. The van der Waals surface area contributed by atoms with E-state index in [2.05, 4.69) is 20.0 Å². The maximum absolute atomic E-state index is 12.2. The number of nitrogens with zero attached hydrogens (tertiary/aromatic N) is 2. The molecule has 0 saturated carbocycles. The first-order valence-electron chi connectivity index (χ1n) is 6.09. The standard InChI is InChI=1S/C12H16N4O2S2/c1-4-10-8(2)19-12(15-10)16-20(17,18)9-5-6-11(13-3)14-7-9/h5-7H,4H2,1-3H3,(H,13,14)(H,15,16). The molecule has 20 heavy (non-hydrogen) atoms. The Morgan fingerprint density at radius 2 is 2.10 bits per heavy atom. The molecular weight excluding hydrogens is 296 g/mol. The summed E-state index contributed by atoms with van der Waals surface area (Å²) in [6, 6.07) is 3.11. The van der Waals surface area contributed by atoms with E-state index in [1.807, 2.05) is 13.8 Å². The molecule has 0 bridgehead atoms. The quantitative estimate of drug-likeness (QED) is 0.884. The average molecular weight is 312 g/mol. The number of anilines is 2. The summed E-state index contributed by atoms with van der Waals surface area (Å²) in [6.07, 6.45) is 2.10. The van der Waals surface area contributed by atoms with E-state index in [1.165, 1.54) is 23.6 Å². The second-order valence-corrected chi connectivity index (χ2v) is 7.00. The molecule has 0 unspecified atom stereocenters. The van der Waals surface area contributed by atoms with Gasteiger partial charge in [-0.15, -0.1) is 11.3 Å². The number of thiazole rings is 1. The monoisotopic (exact) mass is 312 g/mol. The summed E-state index contributed by atoms with van der Waals surface area (Å²) in [7, 11) is -1.92. The minimum absolute atomic E-state index is 0.113. The number of sulfonamides is 1. The molecule has 8 heteroatoms. The Morgan fingerprint density at radius 3 is 2.60 bits per heavy atom. The molecule has 0 saturated heterocycles. The van der Waals surface area contributed by atoms with Crippen molar-refractivity contribution in [2.24, 2.45) is 0 Å². The van der Waals surface area contributed by atoms with Crippen LogP contribution in [-0.4, -0.2) is 25.4 Å². The van der Waals surface area contributed by atoms with Crippen molar-refractivity contribution in [3.05, 3.63) is 28.9 Å². The number of aryl methyl sites for hydroxylation is 2. The van der Waals surface area contributed by atoms with Crippen LogP contribution in [-0.2, 0) is 16.4 Å². The van der Waals surface area contributed by atoms with Crippen LogP contribution in [0.5, 0.6) is 0 Å². The molecule has 0 aliphatic heterocycles. The van der Waals surface area contributed by atoms with Crippen molar-refractivity contribution in [3.8, 4) is 0 Å². The number of aromatic nitrogens is 2. The van der Waals surface area contributed by atoms with Gasteiger partial charge in [0.2, 0.25) is 0 Å². The fraction of sp³-hybridized carbons (Fsp3) is 0.333. The second-order valence-electron chi connectivity index (χ2n) is 4.11. The van der Waals surface area contributed by atoms with E-state index >= 15 is 0 Å². The van der Waals surface area contributed by atoms with Crippen LogP contribution in [0.1, 0.15) is 17.5 Å². The van der Waals surface area contributed by atoms with Crippen LogP contribution in [0.15, 0.2) is 23.2 Å². The minimum Gasteiger partial charge on any atom is -0.373 e. The van der Waals surface area contributed by atoms with Crippen LogP contribution in [0.4, 0.5) is 10.9 Å². The zero-order chi connectivity index (χ0) is 14.8. The van der Waals surface area contributed by atoms with Gasteiger partial charge in [-0.25, -0.2) is 18.4 Å². The van der Waals surface area contributed by atoms with Crippen molar-refractivity contribution >= 4 is 32.3 Å². The van der Waals surface area contributed by atoms with E-state index in [0.717, 1.165) is 17.0 Å². The zero-order valence-corrected chi connectivity index (χ0v) is 13.1. The van der Waals surface area contributed by atoms with Gasteiger partial charge >= 0.3 is 0 Å². The highest BCUT2D eigenvalue weighted by Crippen LogP contribution is 2.25. The zero-order valence-electron chi connectivity index (χ0n) is 11.5. The third-order valence-electron chi connectivity index (χ3n) is 2.75. The van der Waals surface area contributed by atoms with Crippen molar-refractivity contribution in [1.29, 1.82) is 0 Å². The van der Waals surface area contributed by atoms with Gasteiger partial charge in [0, 0.05) is 18.1 Å². The highest BCUT2D eigenvalue weighted by molar-refractivity contribution is 7.93. The molecule has 0 amide bonds. The Labute approximate surface area is 122 Å². The highest BCUT2D eigenvalue weighted by Gasteiger charge is 2.17. The Morgan fingerprint density at radius 1 is 1.35 bits per heavy atom. The molecule has 0 aliphatic rings. The smallest absolute Gasteiger partial charge is 0.265 e. The Bertz CT molecular complexity index is 693. The summed E-state index contributed by atoms with van der Waals surface area (Å²) >= 11 is 1.33. The highest BCUT2D eigenvalue weighted by atomic mass is 32.2. The molecule has 6 nitrogen and oxygen atoms in total. The van der Waals surface area contributed by atoms with Crippen LogP contribution >= 0.6 is 11.3 Å². The third kappa shape index (κ3) is 3.07. The molecule has 0 radical (unpaired) electrons. The van der Waals surface area contributed by atoms with E-state index in [1.54, 1.807) is 13.1 Å². The van der Waals surface area contributed by atoms with Gasteiger partial charge in [-0.3, -0.25) is 4.72 Å². The minimum atomic E-state index is -3.64. The van der Waals surface area contributed by atoms with Gasteiger partial charge in [0.15, 0.2) is 5.13 Å². The fourth-order valence-electron chi connectivity index (χ4n) is 1.66. The molecule has 2 N–H and O–H groups in total. The molecular formula is C12H16N4O2S2. The maximum Gasteiger partial charge on any atom is 0.265 e. The van der Waals surface area contributed by atoms with Gasteiger partial charge in [0.05, 0.1) is 5.69 Å². The number of hydrogen-bond acceptors (Lipinski definition) is 6. The first kappa shape index (κ1) is 14.7. The van der Waals surface area contributed by atoms with Gasteiger partial charge in [-0.05, 0) is 25.5 Å². The molecule has 108 valence electrons. The van der Waals surface area contributed by atoms with Crippen molar-refractivity contribution < 1.29 is 8.42 Å². The largest absolute Gasteiger partial charge is 0.373 e. The normalized spacial score (nSPS) is 11.3. The summed E-state index contributed by atoms with van der Waals surface area (Å²) in [6.45, 7) is 3.91. The number of hydrogen-bond donors (Lipinski definition) is 2. The van der Waals surface area contributed by atoms with Gasteiger partial charge in [-0.1, -0.05) is 6.92 Å². The predicted molar refractivity (Wildman–Crippen MR) is 80.8 cm³/mol. The summed E-state index contributed by atoms with van der Waals surface area (Å²) in [5.41, 5.74) is 0.913. The maximum atomic E-state index is 12.2. The molecule has 2 aromatic heterocycles. The number of pyridine rings is 1. The first-order chi connectivity index (χ1) is 9.46. The number of nitrogens with one attached hydrogen (secondary N) is 2. The molecule has 2 heterocycles. The predicted octanol–water partition coefficient (Wildman–Crippen LogP) is 2.25. The lowest BCUT2D eigenvalue weighted by Gasteiger charge is -2.05. The van der Waals surface area contributed by atoms with Crippen molar-refractivity contribution in [3.63, 3.8) is 0 Å². The molecule has 0 atom stereocenters. The van der Waals surface area contributed by atoms with Gasteiger partial charge in [0.1, 0.15) is 10.7 Å². The van der Waals surface area contributed by atoms with E-state index in [0.29, 0.717) is 10.9 Å².